The number of carbonyl (C=O) groups is 1. The average Bonchev–Trinajstić information content (AvgIpc) is 1.35. The summed E-state index contributed by atoms with van der Waals surface area (Å²) in [6, 6.07) is 0. The molecular weight excluding hydrogens is 107 g/mol. The summed E-state index contributed by atoms with van der Waals surface area (Å²) < 4.78 is 4.17. The van der Waals surface area contributed by atoms with E-state index >= 15 is 0 Å². The van der Waals surface area contributed by atoms with Gasteiger partial charge in [0.05, 0.1) is 6.26 Å². The number of hydrogen-bond donors (Lipinski definition) is 0. The molecule has 0 saturated heterocycles. The zero-order valence-electron chi connectivity index (χ0n) is 4.18. The van der Waals surface area contributed by atoms with E-state index in [0.717, 1.165) is 6.26 Å². The van der Waals surface area contributed by atoms with Gasteiger partial charge in [-0.1, -0.05) is 6.58 Å². The monoisotopic (exact) mass is 113 g/mol. The molecule has 0 N–H and O–H groups in total. The van der Waals surface area contributed by atoms with Gasteiger partial charge >= 0.3 is 23.3 Å². The van der Waals surface area contributed by atoms with Crippen molar-refractivity contribution in [1.82, 2.24) is 0 Å². The molecule has 0 aromatic heterocycles. The Labute approximate surface area is 53.3 Å². The minimum atomic E-state index is -0.329. The second-order valence-electron chi connectivity index (χ2n) is 0.776. The van der Waals surface area contributed by atoms with Crippen LogP contribution in [0.25, 0.3) is 0 Å². The van der Waals surface area contributed by atoms with Crippen LogP contribution in [0.15, 0.2) is 12.8 Å². The third-order valence-electron chi connectivity index (χ3n) is 0.249. The van der Waals surface area contributed by atoms with Gasteiger partial charge in [-0.3, -0.25) is 4.79 Å². The molecule has 0 aliphatic rings. The molecule has 0 amide bonds. The Balaban J connectivity index is 0. The molecule has 0 unspecified atom stereocenters. The Morgan fingerprint density at radius 1 is 1.86 bits per heavy atom. The molecule has 0 aromatic rings. The summed E-state index contributed by atoms with van der Waals surface area (Å²) in [4.78, 5) is 9.75. The molecule has 2 nitrogen and oxygen atoms in total. The van der Waals surface area contributed by atoms with E-state index in [1.165, 1.54) is 6.92 Å². The fraction of sp³-hybridized carbons (Fsp3) is 0.250. The zero-order chi connectivity index (χ0) is 4.99. The number of carbonyl (C=O) groups excluding carboxylic acids is 1. The van der Waals surface area contributed by atoms with Gasteiger partial charge in [-0.2, -0.15) is 0 Å². The molecule has 0 rings (SSSR count). The van der Waals surface area contributed by atoms with Gasteiger partial charge in [0.2, 0.25) is 0 Å². The fourth-order valence-corrected chi connectivity index (χ4v) is 0.117. The van der Waals surface area contributed by atoms with E-state index in [-0.39, 0.29) is 23.3 Å². The predicted molar refractivity (Wildman–Crippen MR) is 27.7 cm³/mol. The summed E-state index contributed by atoms with van der Waals surface area (Å²) in [6.45, 7) is 4.48. The quantitative estimate of drug-likeness (QED) is 0.278. The molecule has 0 spiro atoms. The molecule has 0 atom stereocenters. The first-order chi connectivity index (χ1) is 2.77. The number of ether oxygens (including phenoxy) is 1. The van der Waals surface area contributed by atoms with E-state index in [0.29, 0.717) is 0 Å². The van der Waals surface area contributed by atoms with Crippen molar-refractivity contribution in [2.24, 2.45) is 0 Å². The largest absolute Gasteiger partial charge is 3.00 e. The van der Waals surface area contributed by atoms with Gasteiger partial charge < -0.3 is 4.74 Å². The number of esters is 1. The van der Waals surface area contributed by atoms with Crippen LogP contribution < -0.4 is 0 Å². The topological polar surface area (TPSA) is 26.3 Å². The normalized spacial score (nSPS) is 5.86. The first-order valence-corrected chi connectivity index (χ1v) is 1.55. The molecule has 0 saturated carbocycles. The molecule has 3 heteroatoms. The van der Waals surface area contributed by atoms with Crippen LogP contribution in [0.4, 0.5) is 0 Å². The summed E-state index contributed by atoms with van der Waals surface area (Å²) in [5.74, 6) is -0.329. The van der Waals surface area contributed by atoms with Crippen LogP contribution in [0, 0.1) is 0 Å². The Morgan fingerprint density at radius 3 is 2.29 bits per heavy atom. The summed E-state index contributed by atoms with van der Waals surface area (Å²) in [6.07, 6.45) is 1.10. The second-order valence-corrected chi connectivity index (χ2v) is 0.776. The standard InChI is InChI=1S/C4H6O2.Al/c1-3-6-4(2)5;/h3H,1H2,2H3;/q;+3. The Kier molecular flexibility index (Phi) is 8.11. The predicted octanol–water partition coefficient (Wildman–Crippen LogP) is 0.312. The number of rotatable bonds is 1. The van der Waals surface area contributed by atoms with E-state index in [2.05, 4.69) is 11.3 Å². The maximum Gasteiger partial charge on any atom is 3.00 e. The van der Waals surface area contributed by atoms with E-state index in [1.807, 2.05) is 0 Å². The first kappa shape index (κ1) is 9.89. The van der Waals surface area contributed by atoms with Crippen molar-refractivity contribution in [1.29, 1.82) is 0 Å². The Morgan fingerprint density at radius 2 is 2.29 bits per heavy atom. The van der Waals surface area contributed by atoms with Crippen molar-refractivity contribution in [3.63, 3.8) is 0 Å². The third kappa shape index (κ3) is 10.7. The molecule has 0 heterocycles. The van der Waals surface area contributed by atoms with Crippen molar-refractivity contribution >= 4 is 23.3 Å². The minimum absolute atomic E-state index is 0. The summed E-state index contributed by atoms with van der Waals surface area (Å²) in [5.41, 5.74) is 0. The van der Waals surface area contributed by atoms with Crippen LogP contribution >= 0.6 is 0 Å². The summed E-state index contributed by atoms with van der Waals surface area (Å²) >= 11 is 0. The maximum atomic E-state index is 9.75. The van der Waals surface area contributed by atoms with Crippen molar-refractivity contribution in [2.45, 2.75) is 6.92 Å². The van der Waals surface area contributed by atoms with Crippen molar-refractivity contribution in [3.8, 4) is 0 Å². The zero-order valence-corrected chi connectivity index (χ0v) is 5.33. The SMILES string of the molecule is C=COC(C)=O.[Al+3]. The van der Waals surface area contributed by atoms with Gasteiger partial charge in [0.25, 0.3) is 0 Å². The van der Waals surface area contributed by atoms with E-state index in [4.69, 9.17) is 0 Å². The van der Waals surface area contributed by atoms with Gasteiger partial charge in [-0.25, -0.2) is 0 Å². The van der Waals surface area contributed by atoms with Crippen molar-refractivity contribution < 1.29 is 9.53 Å². The molecule has 0 radical (unpaired) electrons. The molecule has 34 valence electrons. The van der Waals surface area contributed by atoms with Crippen LogP contribution in [0.3, 0.4) is 0 Å². The van der Waals surface area contributed by atoms with Crippen molar-refractivity contribution in [2.75, 3.05) is 0 Å². The Bertz CT molecular complexity index is 70.1. The minimum Gasteiger partial charge on any atom is -0.435 e. The maximum absolute atomic E-state index is 9.75. The van der Waals surface area contributed by atoms with Crippen LogP contribution in [0.2, 0.25) is 0 Å². The summed E-state index contributed by atoms with van der Waals surface area (Å²) in [5, 5.41) is 0. The van der Waals surface area contributed by atoms with Gasteiger partial charge in [0.15, 0.2) is 0 Å². The average molecular weight is 113 g/mol. The van der Waals surface area contributed by atoms with Crippen LogP contribution in [-0.2, 0) is 9.53 Å². The van der Waals surface area contributed by atoms with Gasteiger partial charge in [0, 0.05) is 6.92 Å². The molecule has 0 aromatic carbocycles. The first-order valence-electron chi connectivity index (χ1n) is 1.55. The van der Waals surface area contributed by atoms with Crippen LogP contribution in [0.1, 0.15) is 6.92 Å². The smallest absolute Gasteiger partial charge is 0.435 e. The van der Waals surface area contributed by atoms with E-state index in [1.54, 1.807) is 0 Å². The van der Waals surface area contributed by atoms with Gasteiger partial charge in [-0.05, 0) is 0 Å². The van der Waals surface area contributed by atoms with Crippen LogP contribution in [0.5, 0.6) is 0 Å². The Hall–Kier alpha value is -0.258. The second kappa shape index (κ2) is 5.74. The van der Waals surface area contributed by atoms with Crippen LogP contribution in [-0.4, -0.2) is 23.3 Å². The summed E-state index contributed by atoms with van der Waals surface area (Å²) in [7, 11) is 0. The van der Waals surface area contributed by atoms with E-state index < -0.39 is 0 Å². The fourth-order valence-electron chi connectivity index (χ4n) is 0.117. The number of hydrogen-bond acceptors (Lipinski definition) is 2. The van der Waals surface area contributed by atoms with Crippen molar-refractivity contribution in [3.05, 3.63) is 12.8 Å². The molecule has 0 fully saturated rings. The molecule has 0 bridgehead atoms. The molecule has 7 heavy (non-hydrogen) atoms. The molecule has 0 aliphatic carbocycles. The van der Waals surface area contributed by atoms with Gasteiger partial charge in [0.1, 0.15) is 0 Å². The molecular formula is C4H6AlO2+3. The van der Waals surface area contributed by atoms with Gasteiger partial charge in [-0.15, -0.1) is 0 Å². The molecule has 0 aliphatic heterocycles. The third-order valence-corrected chi connectivity index (χ3v) is 0.249. The van der Waals surface area contributed by atoms with E-state index in [9.17, 15) is 4.79 Å².